The van der Waals surface area contributed by atoms with Crippen LogP contribution in [0.15, 0.2) is 29.3 Å². The van der Waals surface area contributed by atoms with Crippen LogP contribution in [0.2, 0.25) is 0 Å². The molecule has 3 nitrogen and oxygen atoms in total. The second-order valence-corrected chi connectivity index (χ2v) is 7.96. The molecule has 0 aromatic heterocycles. The van der Waals surface area contributed by atoms with Crippen LogP contribution in [0.3, 0.4) is 0 Å². The van der Waals surface area contributed by atoms with Crippen LogP contribution in [-0.4, -0.2) is 20.4 Å². The van der Waals surface area contributed by atoms with Crippen LogP contribution in [0.4, 0.5) is 0 Å². The van der Waals surface area contributed by atoms with Crippen molar-refractivity contribution < 1.29 is 9.47 Å². The SMILES string of the molecule is CCCCCCC=NC(c1cc(C)c(OC)c(C)c1)c1cc(C)c(OC)c(C)c1. The molecule has 0 atom stereocenters. The molecule has 0 radical (unpaired) electrons. The van der Waals surface area contributed by atoms with Crippen molar-refractivity contribution in [1.29, 1.82) is 0 Å². The largest absolute Gasteiger partial charge is 0.496 e. The molecular formula is C26H37NO2. The first kappa shape index (κ1) is 23.0. The van der Waals surface area contributed by atoms with Gasteiger partial charge in [0, 0.05) is 0 Å². The van der Waals surface area contributed by atoms with E-state index in [1.54, 1.807) is 14.2 Å². The Hall–Kier alpha value is -2.29. The Balaban J connectivity index is 2.43. The molecule has 2 aromatic carbocycles. The molecule has 2 aromatic rings. The first-order chi connectivity index (χ1) is 13.9. The van der Waals surface area contributed by atoms with Gasteiger partial charge in [-0.2, -0.15) is 0 Å². The van der Waals surface area contributed by atoms with Crippen LogP contribution < -0.4 is 9.47 Å². The van der Waals surface area contributed by atoms with Crippen molar-refractivity contribution in [3.63, 3.8) is 0 Å². The zero-order valence-electron chi connectivity index (χ0n) is 19.3. The van der Waals surface area contributed by atoms with Crippen molar-refractivity contribution >= 4 is 6.21 Å². The highest BCUT2D eigenvalue weighted by molar-refractivity contribution is 5.59. The molecule has 3 heteroatoms. The van der Waals surface area contributed by atoms with Gasteiger partial charge in [0.1, 0.15) is 11.5 Å². The molecule has 0 unspecified atom stereocenters. The number of unbranched alkanes of at least 4 members (excludes halogenated alkanes) is 4. The fraction of sp³-hybridized carbons (Fsp3) is 0.500. The van der Waals surface area contributed by atoms with Crippen molar-refractivity contribution in [2.45, 2.75) is 72.8 Å². The highest BCUT2D eigenvalue weighted by Gasteiger charge is 2.18. The molecule has 0 heterocycles. The Morgan fingerprint density at radius 1 is 0.759 bits per heavy atom. The van der Waals surface area contributed by atoms with Crippen molar-refractivity contribution in [2.24, 2.45) is 4.99 Å². The van der Waals surface area contributed by atoms with Gasteiger partial charge in [0.05, 0.1) is 20.3 Å². The standard InChI is InChI=1S/C26H37NO2/c1-8-9-10-11-12-13-27-24(22-14-18(2)25(28-6)19(3)15-22)23-16-20(4)26(29-7)21(5)17-23/h13-17,24H,8-12H2,1-7H3. The lowest BCUT2D eigenvalue weighted by Crippen LogP contribution is -2.04. The number of methoxy groups -OCH3 is 2. The summed E-state index contributed by atoms with van der Waals surface area (Å²) in [7, 11) is 3.47. The van der Waals surface area contributed by atoms with Crippen LogP contribution in [0.25, 0.3) is 0 Å². The lowest BCUT2D eigenvalue weighted by Gasteiger charge is -2.20. The topological polar surface area (TPSA) is 30.8 Å². The predicted molar refractivity (Wildman–Crippen MR) is 124 cm³/mol. The molecule has 29 heavy (non-hydrogen) atoms. The number of nitrogens with zero attached hydrogens (tertiary/aromatic N) is 1. The van der Waals surface area contributed by atoms with Gasteiger partial charge in [0.25, 0.3) is 0 Å². The Kier molecular flexibility index (Phi) is 8.75. The fourth-order valence-corrected chi connectivity index (χ4v) is 4.13. The third-order valence-electron chi connectivity index (χ3n) is 5.45. The van der Waals surface area contributed by atoms with E-state index in [4.69, 9.17) is 14.5 Å². The first-order valence-corrected chi connectivity index (χ1v) is 10.7. The number of aryl methyl sites for hydroxylation is 4. The van der Waals surface area contributed by atoms with E-state index in [9.17, 15) is 0 Å². The summed E-state index contributed by atoms with van der Waals surface area (Å²) in [6, 6.07) is 8.81. The van der Waals surface area contributed by atoms with Gasteiger partial charge in [0.15, 0.2) is 0 Å². The lowest BCUT2D eigenvalue weighted by atomic mass is 9.93. The second kappa shape index (κ2) is 11.0. The third-order valence-corrected chi connectivity index (χ3v) is 5.45. The summed E-state index contributed by atoms with van der Waals surface area (Å²) >= 11 is 0. The van der Waals surface area contributed by atoms with E-state index in [2.05, 4.69) is 65.1 Å². The summed E-state index contributed by atoms with van der Waals surface area (Å²) in [4.78, 5) is 5.03. The quantitative estimate of drug-likeness (QED) is 0.318. The molecule has 158 valence electrons. The van der Waals surface area contributed by atoms with E-state index in [1.807, 2.05) is 0 Å². The zero-order valence-corrected chi connectivity index (χ0v) is 19.3. The van der Waals surface area contributed by atoms with Gasteiger partial charge in [0.2, 0.25) is 0 Å². The Morgan fingerprint density at radius 3 is 1.59 bits per heavy atom. The maximum absolute atomic E-state index is 5.57. The van der Waals surface area contributed by atoms with Crippen molar-refractivity contribution in [3.8, 4) is 11.5 Å². The van der Waals surface area contributed by atoms with Crippen LogP contribution in [0.5, 0.6) is 11.5 Å². The van der Waals surface area contributed by atoms with E-state index in [0.717, 1.165) is 40.2 Å². The number of hydrogen-bond acceptors (Lipinski definition) is 3. The highest BCUT2D eigenvalue weighted by atomic mass is 16.5. The molecular weight excluding hydrogens is 358 g/mol. The van der Waals surface area contributed by atoms with Crippen molar-refractivity contribution in [3.05, 3.63) is 57.6 Å². The van der Waals surface area contributed by atoms with E-state index in [-0.39, 0.29) is 6.04 Å². The summed E-state index contributed by atoms with van der Waals surface area (Å²) in [5.41, 5.74) is 6.99. The fourth-order valence-electron chi connectivity index (χ4n) is 4.13. The molecule has 0 aliphatic carbocycles. The molecule has 0 N–H and O–H groups in total. The van der Waals surface area contributed by atoms with E-state index >= 15 is 0 Å². The number of hydrogen-bond donors (Lipinski definition) is 0. The minimum atomic E-state index is -0.0206. The van der Waals surface area contributed by atoms with E-state index in [0.29, 0.717) is 0 Å². The van der Waals surface area contributed by atoms with Gasteiger partial charge >= 0.3 is 0 Å². The van der Waals surface area contributed by atoms with Crippen LogP contribution in [0, 0.1) is 27.7 Å². The molecule has 0 spiro atoms. The summed E-state index contributed by atoms with van der Waals surface area (Å²) in [6.45, 7) is 10.7. The van der Waals surface area contributed by atoms with Gasteiger partial charge in [-0.1, -0.05) is 26.2 Å². The summed E-state index contributed by atoms with van der Waals surface area (Å²) in [5, 5.41) is 0. The molecule has 0 fully saturated rings. The third kappa shape index (κ3) is 5.85. The van der Waals surface area contributed by atoms with E-state index in [1.165, 1.54) is 36.8 Å². The van der Waals surface area contributed by atoms with Gasteiger partial charge in [-0.15, -0.1) is 0 Å². The molecule has 0 saturated carbocycles. The van der Waals surface area contributed by atoms with Crippen LogP contribution >= 0.6 is 0 Å². The smallest absolute Gasteiger partial charge is 0.124 e. The lowest BCUT2D eigenvalue weighted by molar-refractivity contribution is 0.408. The number of rotatable bonds is 10. The van der Waals surface area contributed by atoms with Crippen molar-refractivity contribution in [2.75, 3.05) is 14.2 Å². The summed E-state index contributed by atoms with van der Waals surface area (Å²) in [5.74, 6) is 1.91. The molecule has 0 amide bonds. The number of ether oxygens (including phenoxy) is 2. The Bertz CT molecular complexity index is 733. The Labute approximate surface area is 177 Å². The average molecular weight is 396 g/mol. The van der Waals surface area contributed by atoms with Crippen molar-refractivity contribution in [1.82, 2.24) is 0 Å². The van der Waals surface area contributed by atoms with Gasteiger partial charge in [-0.25, -0.2) is 0 Å². The second-order valence-electron chi connectivity index (χ2n) is 7.96. The molecule has 0 saturated heterocycles. The molecule has 0 aliphatic heterocycles. The monoisotopic (exact) mass is 395 g/mol. The maximum Gasteiger partial charge on any atom is 0.124 e. The first-order valence-electron chi connectivity index (χ1n) is 10.7. The highest BCUT2D eigenvalue weighted by Crippen LogP contribution is 2.35. The molecule has 2 rings (SSSR count). The maximum atomic E-state index is 5.57. The molecule has 0 bridgehead atoms. The van der Waals surface area contributed by atoms with Gasteiger partial charge < -0.3 is 9.47 Å². The predicted octanol–water partition coefficient (Wildman–Crippen LogP) is 7.07. The zero-order chi connectivity index (χ0) is 21.4. The normalized spacial score (nSPS) is 11.4. The van der Waals surface area contributed by atoms with Gasteiger partial charge in [-0.3, -0.25) is 4.99 Å². The van der Waals surface area contributed by atoms with Crippen LogP contribution in [0.1, 0.15) is 78.5 Å². The molecule has 0 aliphatic rings. The number of aliphatic imine (C=N–C) groups is 1. The van der Waals surface area contributed by atoms with Crippen LogP contribution in [-0.2, 0) is 0 Å². The minimum Gasteiger partial charge on any atom is -0.496 e. The van der Waals surface area contributed by atoms with E-state index < -0.39 is 0 Å². The number of benzene rings is 2. The average Bonchev–Trinajstić information content (AvgIpc) is 2.67. The minimum absolute atomic E-state index is 0.0206. The van der Waals surface area contributed by atoms with Gasteiger partial charge in [-0.05, 0) is 104 Å². The summed E-state index contributed by atoms with van der Waals surface area (Å²) < 4.78 is 11.1. The summed E-state index contributed by atoms with van der Waals surface area (Å²) in [6.07, 6.45) is 8.17. The Morgan fingerprint density at radius 2 is 1.21 bits per heavy atom.